The lowest BCUT2D eigenvalue weighted by atomic mass is 9.91. The number of hydrogen-bond acceptors (Lipinski definition) is 3. The summed E-state index contributed by atoms with van der Waals surface area (Å²) in [6.07, 6.45) is 5.47. The lowest BCUT2D eigenvalue weighted by Gasteiger charge is -2.35. The fourth-order valence-corrected chi connectivity index (χ4v) is 3.83. The number of piperidine rings is 2. The summed E-state index contributed by atoms with van der Waals surface area (Å²) in [4.78, 5) is 26.8. The zero-order valence-electron chi connectivity index (χ0n) is 14.9. The second-order valence-corrected chi connectivity index (χ2v) is 7.20. The van der Waals surface area contributed by atoms with Gasteiger partial charge in [-0.3, -0.25) is 9.59 Å². The summed E-state index contributed by atoms with van der Waals surface area (Å²) < 4.78 is 0. The van der Waals surface area contributed by atoms with Gasteiger partial charge in [0.25, 0.3) is 0 Å². The van der Waals surface area contributed by atoms with Gasteiger partial charge in [0.2, 0.25) is 11.8 Å². The van der Waals surface area contributed by atoms with E-state index in [1.807, 2.05) is 4.90 Å². The number of hydrogen-bond donors (Lipinski definition) is 2. The average molecular weight is 323 g/mol. The average Bonchev–Trinajstić information content (AvgIpc) is 2.56. The Hall–Kier alpha value is -1.10. The van der Waals surface area contributed by atoms with E-state index >= 15 is 0 Å². The number of carbonyl (C=O) groups excluding carboxylic acids is 2. The van der Waals surface area contributed by atoms with E-state index < -0.39 is 0 Å². The third kappa shape index (κ3) is 4.93. The first kappa shape index (κ1) is 18.2. The number of likely N-dealkylation sites (tertiary alicyclic amines) is 1. The van der Waals surface area contributed by atoms with Crippen LogP contribution in [0.5, 0.6) is 0 Å². The first-order chi connectivity index (χ1) is 11.0. The molecule has 5 nitrogen and oxygen atoms in total. The number of nitrogens with zero attached hydrogens (tertiary/aromatic N) is 1. The van der Waals surface area contributed by atoms with Gasteiger partial charge in [0.05, 0.1) is 0 Å². The highest BCUT2D eigenvalue weighted by Crippen LogP contribution is 2.20. The number of carbonyl (C=O) groups is 2. The van der Waals surface area contributed by atoms with Crippen LogP contribution in [0, 0.1) is 11.8 Å². The fourth-order valence-electron chi connectivity index (χ4n) is 3.83. The van der Waals surface area contributed by atoms with Crippen LogP contribution in [0.4, 0.5) is 0 Å². The van der Waals surface area contributed by atoms with Gasteiger partial charge in [-0.25, -0.2) is 0 Å². The van der Waals surface area contributed by atoms with Crippen LogP contribution in [-0.4, -0.2) is 48.4 Å². The van der Waals surface area contributed by atoms with Crippen LogP contribution in [0.2, 0.25) is 0 Å². The highest BCUT2D eigenvalue weighted by molar-refractivity contribution is 5.80. The second kappa shape index (κ2) is 8.67. The van der Waals surface area contributed by atoms with Crippen LogP contribution in [0.15, 0.2) is 0 Å². The van der Waals surface area contributed by atoms with Crippen LogP contribution in [0.1, 0.15) is 59.3 Å². The molecule has 2 saturated heterocycles. The molecule has 0 unspecified atom stereocenters. The zero-order chi connectivity index (χ0) is 16.8. The molecule has 2 heterocycles. The van der Waals surface area contributed by atoms with Gasteiger partial charge >= 0.3 is 0 Å². The highest BCUT2D eigenvalue weighted by Gasteiger charge is 2.30. The minimum atomic E-state index is 0.149. The van der Waals surface area contributed by atoms with Gasteiger partial charge < -0.3 is 15.5 Å². The van der Waals surface area contributed by atoms with Crippen molar-refractivity contribution < 1.29 is 9.59 Å². The van der Waals surface area contributed by atoms with E-state index in [1.165, 1.54) is 0 Å². The third-order valence-corrected chi connectivity index (χ3v) is 5.48. The monoisotopic (exact) mass is 323 g/mol. The van der Waals surface area contributed by atoms with Gasteiger partial charge in [-0.1, -0.05) is 13.8 Å². The van der Waals surface area contributed by atoms with E-state index in [0.29, 0.717) is 11.9 Å². The molecule has 23 heavy (non-hydrogen) atoms. The number of amides is 2. The standard InChI is InChI=1S/C18H33N3O2/c1-4-14(5-2)18(23)21-10-7-16(8-11-21)20-17(22)15-6-9-19-13(3)12-15/h13-16,19H,4-12H2,1-3H3,(H,20,22)/t13-,15-/m0/s1. The van der Waals surface area contributed by atoms with Crippen molar-refractivity contribution in [1.29, 1.82) is 0 Å². The lowest BCUT2D eigenvalue weighted by Crippen LogP contribution is -2.50. The molecule has 0 radical (unpaired) electrons. The second-order valence-electron chi connectivity index (χ2n) is 7.20. The smallest absolute Gasteiger partial charge is 0.225 e. The Kier molecular flexibility index (Phi) is 6.88. The number of rotatable bonds is 5. The normalized spacial score (nSPS) is 26.3. The van der Waals surface area contributed by atoms with Gasteiger partial charge in [-0.2, -0.15) is 0 Å². The first-order valence-electron chi connectivity index (χ1n) is 9.37. The largest absolute Gasteiger partial charge is 0.353 e. The summed E-state index contributed by atoms with van der Waals surface area (Å²) >= 11 is 0. The Morgan fingerprint density at radius 2 is 1.83 bits per heavy atom. The summed E-state index contributed by atoms with van der Waals surface area (Å²) in [6.45, 7) is 8.80. The van der Waals surface area contributed by atoms with E-state index in [2.05, 4.69) is 31.4 Å². The van der Waals surface area contributed by atoms with Crippen molar-refractivity contribution in [1.82, 2.24) is 15.5 Å². The maximum absolute atomic E-state index is 12.4. The molecule has 0 aromatic rings. The van der Waals surface area contributed by atoms with Crippen LogP contribution >= 0.6 is 0 Å². The van der Waals surface area contributed by atoms with E-state index in [4.69, 9.17) is 0 Å². The fraction of sp³-hybridized carbons (Fsp3) is 0.889. The van der Waals surface area contributed by atoms with Crippen molar-refractivity contribution in [3.63, 3.8) is 0 Å². The van der Waals surface area contributed by atoms with E-state index in [1.54, 1.807) is 0 Å². The van der Waals surface area contributed by atoms with Crippen molar-refractivity contribution in [2.75, 3.05) is 19.6 Å². The topological polar surface area (TPSA) is 61.4 Å². The molecule has 2 amide bonds. The lowest BCUT2D eigenvalue weighted by molar-refractivity contribution is -0.137. The minimum Gasteiger partial charge on any atom is -0.353 e. The Bertz CT molecular complexity index is 401. The molecule has 0 saturated carbocycles. The molecule has 0 bridgehead atoms. The SMILES string of the molecule is CCC(CC)C(=O)N1CCC(NC(=O)[C@H]2CCN[C@@H](C)C2)CC1. The van der Waals surface area contributed by atoms with Gasteiger partial charge in [-0.05, 0) is 52.0 Å². The summed E-state index contributed by atoms with van der Waals surface area (Å²) in [5.41, 5.74) is 0. The molecule has 0 aromatic carbocycles. The van der Waals surface area contributed by atoms with E-state index in [-0.39, 0.29) is 23.8 Å². The first-order valence-corrected chi connectivity index (χ1v) is 9.37. The molecular formula is C18H33N3O2. The maximum Gasteiger partial charge on any atom is 0.225 e. The summed E-state index contributed by atoms with van der Waals surface area (Å²) in [6, 6.07) is 0.664. The predicted octanol–water partition coefficient (Wildman–Crippen LogP) is 1.92. The molecule has 0 aliphatic carbocycles. The summed E-state index contributed by atoms with van der Waals surface area (Å²) in [5, 5.41) is 6.61. The molecule has 0 aromatic heterocycles. The molecule has 2 rings (SSSR count). The third-order valence-electron chi connectivity index (χ3n) is 5.48. The summed E-state index contributed by atoms with van der Waals surface area (Å²) in [5.74, 6) is 0.822. The Morgan fingerprint density at radius 1 is 1.17 bits per heavy atom. The van der Waals surface area contributed by atoms with E-state index in [9.17, 15) is 9.59 Å². The molecule has 2 aliphatic heterocycles. The van der Waals surface area contributed by atoms with Crippen LogP contribution < -0.4 is 10.6 Å². The summed E-state index contributed by atoms with van der Waals surface area (Å²) in [7, 11) is 0. The van der Waals surface area contributed by atoms with Crippen LogP contribution in [0.3, 0.4) is 0 Å². The molecule has 5 heteroatoms. The van der Waals surface area contributed by atoms with Gasteiger partial charge in [0.1, 0.15) is 0 Å². The van der Waals surface area contributed by atoms with Gasteiger partial charge in [0, 0.05) is 37.0 Å². The Balaban J connectivity index is 1.76. The molecule has 2 N–H and O–H groups in total. The Labute approximate surface area is 140 Å². The molecule has 2 fully saturated rings. The quantitative estimate of drug-likeness (QED) is 0.812. The minimum absolute atomic E-state index is 0.149. The molecule has 132 valence electrons. The van der Waals surface area contributed by atoms with Crippen molar-refractivity contribution in [3.8, 4) is 0 Å². The van der Waals surface area contributed by atoms with Crippen LogP contribution in [0.25, 0.3) is 0 Å². The Morgan fingerprint density at radius 3 is 2.39 bits per heavy atom. The molecule has 0 spiro atoms. The zero-order valence-corrected chi connectivity index (χ0v) is 14.9. The van der Waals surface area contributed by atoms with Crippen molar-refractivity contribution in [2.24, 2.45) is 11.8 Å². The van der Waals surface area contributed by atoms with Gasteiger partial charge in [0.15, 0.2) is 0 Å². The van der Waals surface area contributed by atoms with Crippen LogP contribution in [-0.2, 0) is 9.59 Å². The van der Waals surface area contributed by atoms with E-state index in [0.717, 1.165) is 58.2 Å². The molecular weight excluding hydrogens is 290 g/mol. The van der Waals surface area contributed by atoms with Gasteiger partial charge in [-0.15, -0.1) is 0 Å². The highest BCUT2D eigenvalue weighted by atomic mass is 16.2. The maximum atomic E-state index is 12.4. The van der Waals surface area contributed by atoms with Crippen molar-refractivity contribution in [3.05, 3.63) is 0 Å². The predicted molar refractivity (Wildman–Crippen MR) is 92.0 cm³/mol. The van der Waals surface area contributed by atoms with Crippen molar-refractivity contribution >= 4 is 11.8 Å². The van der Waals surface area contributed by atoms with Crippen molar-refractivity contribution in [2.45, 2.75) is 71.4 Å². The number of nitrogens with one attached hydrogen (secondary N) is 2. The molecule has 2 atom stereocenters. The molecule has 2 aliphatic rings.